The van der Waals surface area contributed by atoms with Crippen molar-refractivity contribution in [3.8, 4) is 11.3 Å². The molecular weight excluding hydrogens is 346 g/mol. The largest absolute Gasteiger partial charge is 0.361 e. The molecule has 5 nitrogen and oxygen atoms in total. The Hall–Kier alpha value is -3.60. The van der Waals surface area contributed by atoms with Gasteiger partial charge in [0.25, 0.3) is 0 Å². The van der Waals surface area contributed by atoms with Crippen molar-refractivity contribution in [3.05, 3.63) is 96.8 Å². The van der Waals surface area contributed by atoms with Crippen molar-refractivity contribution in [1.29, 1.82) is 0 Å². The Kier molecular flexibility index (Phi) is 4.26. The molecular formula is C23H21N5. The van der Waals surface area contributed by atoms with Gasteiger partial charge in [-0.3, -0.25) is 4.68 Å². The summed E-state index contributed by atoms with van der Waals surface area (Å²) in [7, 11) is 0. The van der Waals surface area contributed by atoms with Crippen LogP contribution in [0.2, 0.25) is 0 Å². The van der Waals surface area contributed by atoms with Gasteiger partial charge in [0, 0.05) is 60.3 Å². The number of hydrogen-bond donors (Lipinski definition) is 1. The van der Waals surface area contributed by atoms with Gasteiger partial charge >= 0.3 is 0 Å². The molecule has 138 valence electrons. The lowest BCUT2D eigenvalue weighted by atomic mass is 10.1. The Morgan fingerprint density at radius 1 is 0.929 bits per heavy atom. The maximum absolute atomic E-state index is 4.78. The highest BCUT2D eigenvalue weighted by Crippen LogP contribution is 2.25. The van der Waals surface area contributed by atoms with E-state index in [1.807, 2.05) is 41.7 Å². The van der Waals surface area contributed by atoms with E-state index in [-0.39, 0.29) is 0 Å². The first-order valence-corrected chi connectivity index (χ1v) is 9.50. The third kappa shape index (κ3) is 3.11. The average Bonchev–Trinajstić information content (AvgIpc) is 3.48. The number of hydrogen-bond acceptors (Lipinski definition) is 2. The molecule has 5 heteroatoms. The first-order chi connectivity index (χ1) is 13.9. The number of rotatable bonds is 6. The second kappa shape index (κ2) is 7.19. The predicted octanol–water partition coefficient (Wildman–Crippen LogP) is 4.52. The zero-order chi connectivity index (χ0) is 18.8. The van der Waals surface area contributed by atoms with E-state index in [1.54, 1.807) is 0 Å². The molecule has 5 aromatic rings. The van der Waals surface area contributed by atoms with Crippen LogP contribution in [0.15, 0.2) is 85.6 Å². The first-order valence-electron chi connectivity index (χ1n) is 9.50. The van der Waals surface area contributed by atoms with Crippen LogP contribution in [0.5, 0.6) is 0 Å². The highest BCUT2D eigenvalue weighted by molar-refractivity contribution is 5.82. The van der Waals surface area contributed by atoms with Gasteiger partial charge in [0.2, 0.25) is 0 Å². The summed E-state index contributed by atoms with van der Waals surface area (Å²) in [6, 6.07) is 20.9. The number of fused-ring (bicyclic) bond motifs is 1. The summed E-state index contributed by atoms with van der Waals surface area (Å²) in [6.45, 7) is 1.62. The molecule has 0 aliphatic rings. The molecule has 0 amide bonds. The summed E-state index contributed by atoms with van der Waals surface area (Å²) in [5, 5.41) is 5.61. The van der Waals surface area contributed by atoms with Crippen molar-refractivity contribution in [2.24, 2.45) is 0 Å². The van der Waals surface area contributed by atoms with Crippen molar-refractivity contribution < 1.29 is 0 Å². The molecule has 0 aliphatic carbocycles. The molecule has 0 unspecified atom stereocenters. The Balaban J connectivity index is 1.53. The number of H-pyrrole nitrogens is 1. The standard InChI is InChI=1S/C23H21N5/c1-2-6-18(7-3-1)23-22(11-15-28-14-5-12-26-28)27(17-25-23)16-19-8-4-9-21-20(19)10-13-24-21/h1-10,12-14,17,24H,11,15-16H2. The highest BCUT2D eigenvalue weighted by Gasteiger charge is 2.14. The number of nitrogens with zero attached hydrogens (tertiary/aromatic N) is 4. The molecule has 3 aromatic heterocycles. The number of nitrogens with one attached hydrogen (secondary N) is 1. The average molecular weight is 367 g/mol. The van der Waals surface area contributed by atoms with E-state index < -0.39 is 0 Å². The van der Waals surface area contributed by atoms with Gasteiger partial charge < -0.3 is 9.55 Å². The predicted molar refractivity (Wildman–Crippen MR) is 111 cm³/mol. The zero-order valence-corrected chi connectivity index (χ0v) is 15.5. The monoisotopic (exact) mass is 367 g/mol. The van der Waals surface area contributed by atoms with Crippen LogP contribution >= 0.6 is 0 Å². The lowest BCUT2D eigenvalue weighted by molar-refractivity contribution is 0.592. The molecule has 3 heterocycles. The van der Waals surface area contributed by atoms with Crippen LogP contribution in [0.25, 0.3) is 22.2 Å². The molecule has 28 heavy (non-hydrogen) atoms. The maximum Gasteiger partial charge on any atom is 0.0959 e. The fraction of sp³-hybridized carbons (Fsp3) is 0.130. The SMILES string of the molecule is c1ccc(-c2ncn(Cc3cccc4[nH]ccc34)c2CCn2cccn2)cc1. The third-order valence-corrected chi connectivity index (χ3v) is 5.16. The van der Waals surface area contributed by atoms with E-state index in [2.05, 4.69) is 63.2 Å². The van der Waals surface area contributed by atoms with E-state index >= 15 is 0 Å². The molecule has 0 aliphatic heterocycles. The number of imidazole rings is 1. The van der Waals surface area contributed by atoms with Gasteiger partial charge in [-0.15, -0.1) is 0 Å². The van der Waals surface area contributed by atoms with Gasteiger partial charge in [-0.05, 0) is 23.8 Å². The first kappa shape index (κ1) is 16.6. The number of aromatic nitrogens is 5. The molecule has 5 rings (SSSR count). The van der Waals surface area contributed by atoms with E-state index in [9.17, 15) is 0 Å². The zero-order valence-electron chi connectivity index (χ0n) is 15.5. The molecule has 2 aromatic carbocycles. The summed E-state index contributed by atoms with van der Waals surface area (Å²) < 4.78 is 4.24. The minimum absolute atomic E-state index is 0.795. The fourth-order valence-electron chi connectivity index (χ4n) is 3.77. The van der Waals surface area contributed by atoms with E-state index in [1.165, 1.54) is 22.2 Å². The van der Waals surface area contributed by atoms with Gasteiger partial charge in [-0.1, -0.05) is 42.5 Å². The fourth-order valence-corrected chi connectivity index (χ4v) is 3.77. The molecule has 0 fully saturated rings. The Morgan fingerprint density at radius 2 is 1.86 bits per heavy atom. The molecule has 1 N–H and O–H groups in total. The van der Waals surface area contributed by atoms with Crippen LogP contribution in [-0.4, -0.2) is 24.3 Å². The molecule has 0 bridgehead atoms. The van der Waals surface area contributed by atoms with E-state index in [0.29, 0.717) is 0 Å². The van der Waals surface area contributed by atoms with Gasteiger partial charge in [0.1, 0.15) is 0 Å². The minimum atomic E-state index is 0.795. The van der Waals surface area contributed by atoms with Gasteiger partial charge in [-0.2, -0.15) is 5.10 Å². The summed E-state index contributed by atoms with van der Waals surface area (Å²) in [5.74, 6) is 0. The van der Waals surface area contributed by atoms with Crippen LogP contribution in [0.1, 0.15) is 11.3 Å². The summed E-state index contributed by atoms with van der Waals surface area (Å²) in [4.78, 5) is 8.07. The van der Waals surface area contributed by atoms with Crippen LogP contribution in [-0.2, 0) is 19.5 Å². The highest BCUT2D eigenvalue weighted by atomic mass is 15.3. The minimum Gasteiger partial charge on any atom is -0.361 e. The van der Waals surface area contributed by atoms with Crippen molar-refractivity contribution in [2.75, 3.05) is 0 Å². The normalized spacial score (nSPS) is 11.3. The van der Waals surface area contributed by atoms with Gasteiger partial charge in [0.15, 0.2) is 0 Å². The topological polar surface area (TPSA) is 51.4 Å². The molecule has 0 saturated carbocycles. The Bertz CT molecular complexity index is 1180. The quantitative estimate of drug-likeness (QED) is 0.480. The lowest BCUT2D eigenvalue weighted by Gasteiger charge is -2.12. The molecule has 0 atom stereocenters. The van der Waals surface area contributed by atoms with Crippen molar-refractivity contribution in [1.82, 2.24) is 24.3 Å². The van der Waals surface area contributed by atoms with Gasteiger partial charge in [-0.25, -0.2) is 4.98 Å². The van der Waals surface area contributed by atoms with E-state index in [0.717, 1.165) is 30.8 Å². The number of aryl methyl sites for hydroxylation is 1. The smallest absolute Gasteiger partial charge is 0.0959 e. The van der Waals surface area contributed by atoms with Crippen LogP contribution in [0.4, 0.5) is 0 Å². The summed E-state index contributed by atoms with van der Waals surface area (Å²) >= 11 is 0. The number of aromatic amines is 1. The summed E-state index contributed by atoms with van der Waals surface area (Å²) in [6.07, 6.45) is 8.66. The Labute approximate surface area is 163 Å². The molecule has 0 radical (unpaired) electrons. The van der Waals surface area contributed by atoms with Gasteiger partial charge in [0.05, 0.1) is 12.0 Å². The van der Waals surface area contributed by atoms with Crippen molar-refractivity contribution >= 4 is 10.9 Å². The second-order valence-corrected chi connectivity index (χ2v) is 6.91. The Morgan fingerprint density at radius 3 is 2.71 bits per heavy atom. The van der Waals surface area contributed by atoms with Crippen LogP contribution in [0, 0.1) is 0 Å². The molecule has 0 spiro atoms. The van der Waals surface area contributed by atoms with Crippen molar-refractivity contribution in [2.45, 2.75) is 19.5 Å². The maximum atomic E-state index is 4.78. The summed E-state index contributed by atoms with van der Waals surface area (Å²) in [5.41, 5.74) is 5.88. The van der Waals surface area contributed by atoms with E-state index in [4.69, 9.17) is 4.98 Å². The number of benzene rings is 2. The molecule has 0 saturated heterocycles. The van der Waals surface area contributed by atoms with Crippen LogP contribution in [0.3, 0.4) is 0 Å². The van der Waals surface area contributed by atoms with Crippen molar-refractivity contribution in [3.63, 3.8) is 0 Å². The third-order valence-electron chi connectivity index (χ3n) is 5.16. The van der Waals surface area contributed by atoms with Crippen LogP contribution < -0.4 is 0 Å². The lowest BCUT2D eigenvalue weighted by Crippen LogP contribution is -2.09. The second-order valence-electron chi connectivity index (χ2n) is 6.91.